The second kappa shape index (κ2) is 17.3. The van der Waals surface area contributed by atoms with Crippen LogP contribution in [-0.4, -0.2) is 19.5 Å². The van der Waals surface area contributed by atoms with E-state index in [4.69, 9.17) is 9.47 Å². The average molecular weight is 355 g/mol. The predicted octanol–water partition coefficient (Wildman–Crippen LogP) is 7.65. The minimum Gasteiger partial charge on any atom is -0.353 e. The molecule has 0 saturated carbocycles. The Morgan fingerprint density at radius 3 is 2.00 bits per heavy atom. The van der Waals surface area contributed by atoms with E-state index < -0.39 is 0 Å². The van der Waals surface area contributed by atoms with E-state index in [1.807, 2.05) is 0 Å². The third-order valence-electron chi connectivity index (χ3n) is 5.58. The lowest BCUT2D eigenvalue weighted by atomic mass is 9.96. The molecule has 0 aromatic heterocycles. The fourth-order valence-corrected chi connectivity index (χ4v) is 3.78. The summed E-state index contributed by atoms with van der Waals surface area (Å²) in [5.74, 6) is 0.940. The highest BCUT2D eigenvalue weighted by Crippen LogP contribution is 2.19. The molecule has 1 rings (SSSR count). The quantitative estimate of drug-likeness (QED) is 0.250. The van der Waals surface area contributed by atoms with E-state index in [-0.39, 0.29) is 6.29 Å². The van der Waals surface area contributed by atoms with Crippen LogP contribution in [0, 0.1) is 5.92 Å². The van der Waals surface area contributed by atoms with Crippen LogP contribution in [0.25, 0.3) is 0 Å². The van der Waals surface area contributed by atoms with Crippen molar-refractivity contribution in [3.05, 3.63) is 0 Å². The molecule has 1 aliphatic rings. The van der Waals surface area contributed by atoms with Gasteiger partial charge in [0.25, 0.3) is 0 Å². The largest absolute Gasteiger partial charge is 0.353 e. The second-order valence-electron chi connectivity index (χ2n) is 8.24. The maximum absolute atomic E-state index is 5.79. The Labute approximate surface area is 158 Å². The first-order valence-electron chi connectivity index (χ1n) is 11.6. The first-order valence-corrected chi connectivity index (χ1v) is 11.6. The maximum atomic E-state index is 5.79. The van der Waals surface area contributed by atoms with Gasteiger partial charge in [0.1, 0.15) is 0 Å². The first-order chi connectivity index (χ1) is 12.3. The highest BCUT2D eigenvalue weighted by Gasteiger charge is 2.13. The topological polar surface area (TPSA) is 18.5 Å². The van der Waals surface area contributed by atoms with Crippen LogP contribution in [0.3, 0.4) is 0 Å². The Morgan fingerprint density at radius 2 is 1.40 bits per heavy atom. The average Bonchev–Trinajstić information content (AvgIpc) is 2.64. The lowest BCUT2D eigenvalue weighted by Gasteiger charge is -2.22. The molecule has 2 nitrogen and oxygen atoms in total. The third-order valence-corrected chi connectivity index (χ3v) is 5.58. The monoisotopic (exact) mass is 354 g/mol. The van der Waals surface area contributed by atoms with Crippen LogP contribution in [0.15, 0.2) is 0 Å². The molecule has 25 heavy (non-hydrogen) atoms. The molecule has 1 saturated heterocycles. The molecule has 1 fully saturated rings. The van der Waals surface area contributed by atoms with E-state index in [9.17, 15) is 0 Å². The molecule has 0 amide bonds. The lowest BCUT2D eigenvalue weighted by molar-refractivity contribution is -0.162. The summed E-state index contributed by atoms with van der Waals surface area (Å²) in [4.78, 5) is 0. The number of unbranched alkanes of at least 4 members (excludes halogenated alkanes) is 10. The Bertz CT molecular complexity index is 261. The van der Waals surface area contributed by atoms with Gasteiger partial charge in [-0.05, 0) is 31.6 Å². The van der Waals surface area contributed by atoms with E-state index in [0.717, 1.165) is 25.6 Å². The molecule has 0 aromatic carbocycles. The summed E-state index contributed by atoms with van der Waals surface area (Å²) in [7, 11) is 0. The Kier molecular flexibility index (Phi) is 15.9. The van der Waals surface area contributed by atoms with Gasteiger partial charge in [-0.2, -0.15) is 0 Å². The lowest BCUT2D eigenvalue weighted by Crippen LogP contribution is -2.22. The summed E-state index contributed by atoms with van der Waals surface area (Å²) in [6.07, 6.45) is 23.3. The molecular formula is C23H46O2. The predicted molar refractivity (Wildman–Crippen MR) is 109 cm³/mol. The third kappa shape index (κ3) is 14.7. The number of hydrogen-bond acceptors (Lipinski definition) is 2. The van der Waals surface area contributed by atoms with Gasteiger partial charge in [-0.15, -0.1) is 0 Å². The molecule has 2 heteroatoms. The van der Waals surface area contributed by atoms with Crippen LogP contribution in [-0.2, 0) is 9.47 Å². The number of rotatable bonds is 17. The van der Waals surface area contributed by atoms with Crippen molar-refractivity contribution in [2.75, 3.05) is 13.2 Å². The van der Waals surface area contributed by atoms with Crippen molar-refractivity contribution >= 4 is 0 Å². The highest BCUT2D eigenvalue weighted by molar-refractivity contribution is 4.56. The van der Waals surface area contributed by atoms with E-state index in [1.165, 1.54) is 103 Å². The SMILES string of the molecule is CCCCCCCCC(C)CCCCCCCCOC1CCCCO1. The van der Waals surface area contributed by atoms with E-state index in [1.54, 1.807) is 0 Å². The normalized spacial score (nSPS) is 19.2. The molecule has 2 atom stereocenters. The maximum Gasteiger partial charge on any atom is 0.157 e. The minimum atomic E-state index is 0.0990. The molecular weight excluding hydrogens is 308 g/mol. The van der Waals surface area contributed by atoms with E-state index >= 15 is 0 Å². The van der Waals surface area contributed by atoms with Crippen LogP contribution < -0.4 is 0 Å². The van der Waals surface area contributed by atoms with Crippen LogP contribution in [0.5, 0.6) is 0 Å². The van der Waals surface area contributed by atoms with Crippen molar-refractivity contribution in [3.8, 4) is 0 Å². The summed E-state index contributed by atoms with van der Waals surface area (Å²) in [5, 5.41) is 0. The summed E-state index contributed by atoms with van der Waals surface area (Å²) in [6, 6.07) is 0. The molecule has 150 valence electrons. The fraction of sp³-hybridized carbons (Fsp3) is 1.00. The smallest absolute Gasteiger partial charge is 0.157 e. The molecule has 0 radical (unpaired) electrons. The van der Waals surface area contributed by atoms with Gasteiger partial charge in [0.2, 0.25) is 0 Å². The number of ether oxygens (including phenoxy) is 2. The van der Waals surface area contributed by atoms with Gasteiger partial charge in [-0.1, -0.05) is 97.3 Å². The highest BCUT2D eigenvalue weighted by atomic mass is 16.7. The summed E-state index contributed by atoms with van der Waals surface area (Å²) in [6.45, 7) is 6.53. The van der Waals surface area contributed by atoms with Crippen molar-refractivity contribution in [3.63, 3.8) is 0 Å². The van der Waals surface area contributed by atoms with Crippen LogP contribution in [0.2, 0.25) is 0 Å². The zero-order valence-corrected chi connectivity index (χ0v) is 17.4. The van der Waals surface area contributed by atoms with E-state index in [2.05, 4.69) is 13.8 Å². The zero-order valence-electron chi connectivity index (χ0n) is 17.4. The zero-order chi connectivity index (χ0) is 18.0. The van der Waals surface area contributed by atoms with E-state index in [0.29, 0.717) is 0 Å². The Morgan fingerprint density at radius 1 is 0.800 bits per heavy atom. The second-order valence-corrected chi connectivity index (χ2v) is 8.24. The van der Waals surface area contributed by atoms with Gasteiger partial charge >= 0.3 is 0 Å². The number of hydrogen-bond donors (Lipinski definition) is 0. The first kappa shape index (κ1) is 23.0. The standard InChI is InChI=1S/C23H46O2/c1-3-4-5-6-9-12-17-22(2)18-13-10-7-8-11-15-20-24-23-19-14-16-21-25-23/h22-23H,3-21H2,1-2H3. The molecule has 0 aliphatic carbocycles. The Balaban J connectivity index is 1.74. The van der Waals surface area contributed by atoms with Crippen LogP contribution in [0.4, 0.5) is 0 Å². The molecule has 0 aromatic rings. The fourth-order valence-electron chi connectivity index (χ4n) is 3.78. The summed E-state index contributed by atoms with van der Waals surface area (Å²) < 4.78 is 11.4. The summed E-state index contributed by atoms with van der Waals surface area (Å²) in [5.41, 5.74) is 0. The van der Waals surface area contributed by atoms with Crippen molar-refractivity contribution < 1.29 is 9.47 Å². The van der Waals surface area contributed by atoms with Crippen molar-refractivity contribution in [1.29, 1.82) is 0 Å². The van der Waals surface area contributed by atoms with Gasteiger partial charge in [0.15, 0.2) is 6.29 Å². The summed E-state index contributed by atoms with van der Waals surface area (Å²) >= 11 is 0. The molecule has 0 spiro atoms. The van der Waals surface area contributed by atoms with Crippen molar-refractivity contribution in [1.82, 2.24) is 0 Å². The molecule has 2 unspecified atom stereocenters. The molecule has 1 heterocycles. The van der Waals surface area contributed by atoms with Gasteiger partial charge < -0.3 is 9.47 Å². The van der Waals surface area contributed by atoms with Gasteiger partial charge in [-0.3, -0.25) is 0 Å². The van der Waals surface area contributed by atoms with Crippen molar-refractivity contribution in [2.45, 2.75) is 129 Å². The van der Waals surface area contributed by atoms with Crippen LogP contribution >= 0.6 is 0 Å². The molecule has 0 N–H and O–H groups in total. The minimum absolute atomic E-state index is 0.0990. The van der Waals surface area contributed by atoms with Gasteiger partial charge in [0.05, 0.1) is 0 Å². The molecule has 0 bridgehead atoms. The van der Waals surface area contributed by atoms with Crippen LogP contribution in [0.1, 0.15) is 123 Å². The van der Waals surface area contributed by atoms with Gasteiger partial charge in [-0.25, -0.2) is 0 Å². The Hall–Kier alpha value is -0.0800. The van der Waals surface area contributed by atoms with Gasteiger partial charge in [0, 0.05) is 13.2 Å². The van der Waals surface area contributed by atoms with Crippen molar-refractivity contribution in [2.24, 2.45) is 5.92 Å². The molecule has 1 aliphatic heterocycles.